The number of aliphatic carboxylic acids is 1. The fourth-order valence-electron chi connectivity index (χ4n) is 2.36. The summed E-state index contributed by atoms with van der Waals surface area (Å²) in [6.45, 7) is 2.27. The van der Waals surface area contributed by atoms with Gasteiger partial charge in [0, 0.05) is 17.0 Å². The van der Waals surface area contributed by atoms with Crippen LogP contribution in [0.4, 0.5) is 0 Å². The molecule has 1 heterocycles. The normalized spacial score (nSPS) is 11.5. The summed E-state index contributed by atoms with van der Waals surface area (Å²) >= 11 is 10.6. The third-order valence-corrected chi connectivity index (χ3v) is 5.72. The molecule has 6 nitrogen and oxygen atoms in total. The second-order valence-electron chi connectivity index (χ2n) is 5.90. The van der Waals surface area contributed by atoms with Gasteiger partial charge in [-0.05, 0) is 57.5 Å². The molecule has 0 aliphatic rings. The summed E-state index contributed by atoms with van der Waals surface area (Å²) in [4.78, 5) is 16.0. The maximum Gasteiger partial charge on any atom is 0.342 e. The quantitative estimate of drug-likeness (QED) is 0.314. The van der Waals surface area contributed by atoms with Crippen molar-refractivity contribution in [2.75, 3.05) is 0 Å². The number of carbonyl (C=O) groups is 1. The van der Waals surface area contributed by atoms with Crippen molar-refractivity contribution in [3.63, 3.8) is 0 Å². The number of carboxylic acids is 1. The molecule has 0 amide bonds. The number of nitrogens with zero attached hydrogens (tertiary/aromatic N) is 2. The predicted molar refractivity (Wildman–Crippen MR) is 117 cm³/mol. The van der Waals surface area contributed by atoms with Crippen molar-refractivity contribution < 1.29 is 14.6 Å². The fraction of sp³-hybridized carbons (Fsp3) is 0.150. The van der Waals surface area contributed by atoms with Crippen LogP contribution in [0.5, 0.6) is 5.75 Å². The van der Waals surface area contributed by atoms with Crippen molar-refractivity contribution in [2.24, 2.45) is 0 Å². The Bertz CT molecular complexity index is 1050. The number of benzene rings is 2. The first-order valence-corrected chi connectivity index (χ1v) is 10.6. The minimum atomic E-state index is -1.05. The Morgan fingerprint density at radius 2 is 2.14 bits per heavy atom. The van der Waals surface area contributed by atoms with Crippen molar-refractivity contribution in [3.8, 4) is 5.75 Å². The van der Waals surface area contributed by atoms with Gasteiger partial charge in [0.25, 0.3) is 0 Å². The van der Waals surface area contributed by atoms with Crippen LogP contribution in [0.25, 0.3) is 6.08 Å². The van der Waals surface area contributed by atoms with Gasteiger partial charge in [0.1, 0.15) is 23.1 Å². The maximum absolute atomic E-state index is 11.6. The highest BCUT2D eigenvalue weighted by Gasteiger charge is 2.14. The molecular weight excluding hydrogens is 478 g/mol. The summed E-state index contributed by atoms with van der Waals surface area (Å²) < 4.78 is 6.53. The third-order valence-electron chi connectivity index (χ3n) is 3.85. The molecule has 2 N–H and O–H groups in total. The summed E-state index contributed by atoms with van der Waals surface area (Å²) in [6.07, 6.45) is 2.26. The molecule has 1 aromatic heterocycles. The second kappa shape index (κ2) is 9.96. The Kier molecular flexibility index (Phi) is 7.35. The van der Waals surface area contributed by atoms with Crippen LogP contribution in [0.1, 0.15) is 23.9 Å². The van der Waals surface area contributed by atoms with Gasteiger partial charge < -0.3 is 9.84 Å². The number of hydrogen-bond acceptors (Lipinski definition) is 5. The molecule has 3 rings (SSSR count). The van der Waals surface area contributed by atoms with E-state index >= 15 is 0 Å². The van der Waals surface area contributed by atoms with Crippen LogP contribution < -0.4 is 4.74 Å². The van der Waals surface area contributed by atoms with Gasteiger partial charge in [-0.2, -0.15) is 0 Å². The number of aromatic nitrogens is 3. The maximum atomic E-state index is 11.6. The van der Waals surface area contributed by atoms with E-state index in [4.69, 9.17) is 16.3 Å². The number of H-pyrrole nitrogens is 1. The van der Waals surface area contributed by atoms with Gasteiger partial charge in [0.15, 0.2) is 0 Å². The number of carboxylic acid groups (broad SMARTS) is 1. The van der Waals surface area contributed by atoms with Crippen LogP contribution in [-0.4, -0.2) is 26.3 Å². The van der Waals surface area contributed by atoms with Crippen LogP contribution in [-0.2, 0) is 17.8 Å². The summed E-state index contributed by atoms with van der Waals surface area (Å²) in [7, 11) is 0. The topological polar surface area (TPSA) is 88.1 Å². The van der Waals surface area contributed by atoms with E-state index in [-0.39, 0.29) is 4.91 Å². The molecule has 0 spiro atoms. The Morgan fingerprint density at radius 3 is 2.79 bits per heavy atom. The summed E-state index contributed by atoms with van der Waals surface area (Å²) in [5.41, 5.74) is 1.59. The number of halogens is 2. The van der Waals surface area contributed by atoms with Gasteiger partial charge in [0.2, 0.25) is 5.16 Å². The van der Waals surface area contributed by atoms with E-state index in [1.807, 2.05) is 31.2 Å². The van der Waals surface area contributed by atoms with Gasteiger partial charge >= 0.3 is 5.97 Å². The first kappa shape index (κ1) is 21.4. The molecule has 0 radical (unpaired) electrons. The summed E-state index contributed by atoms with van der Waals surface area (Å²) in [5.74, 6) is 0.293. The van der Waals surface area contributed by atoms with E-state index < -0.39 is 5.97 Å². The SMILES string of the molecule is CCc1nc(S/C(=C\c2ccc(OCc3ccccc3Cl)c(Br)c2)C(=O)O)n[nH]1. The Labute approximate surface area is 185 Å². The standard InChI is InChI=1S/C20H17BrClN3O3S/c1-2-18-23-20(25-24-18)29-17(19(26)27)10-12-7-8-16(14(21)9-12)28-11-13-5-3-4-6-15(13)22/h3-10H,2,11H2,1H3,(H,26,27)(H,23,24,25)/b17-10-. The molecule has 0 atom stereocenters. The summed E-state index contributed by atoms with van der Waals surface area (Å²) in [5, 5.41) is 17.3. The van der Waals surface area contributed by atoms with Gasteiger partial charge in [-0.3, -0.25) is 5.10 Å². The molecular formula is C20H17BrClN3O3S. The van der Waals surface area contributed by atoms with Crippen molar-refractivity contribution in [3.05, 3.63) is 73.8 Å². The lowest BCUT2D eigenvalue weighted by Crippen LogP contribution is -1.98. The predicted octanol–water partition coefficient (Wildman–Crippen LogP) is 5.58. The van der Waals surface area contributed by atoms with Gasteiger partial charge in [-0.15, -0.1) is 5.10 Å². The third kappa shape index (κ3) is 5.85. The molecule has 0 aliphatic heterocycles. The lowest BCUT2D eigenvalue weighted by Gasteiger charge is -2.10. The highest BCUT2D eigenvalue weighted by atomic mass is 79.9. The molecule has 0 bridgehead atoms. The molecule has 0 saturated carbocycles. The van der Waals surface area contributed by atoms with Crippen LogP contribution in [0.3, 0.4) is 0 Å². The van der Waals surface area contributed by atoms with E-state index in [0.29, 0.717) is 44.8 Å². The van der Waals surface area contributed by atoms with Crippen LogP contribution in [0.15, 0.2) is 57.0 Å². The Hall–Kier alpha value is -2.29. The molecule has 29 heavy (non-hydrogen) atoms. The van der Waals surface area contributed by atoms with E-state index in [0.717, 1.165) is 17.3 Å². The zero-order valence-corrected chi connectivity index (χ0v) is 18.5. The average molecular weight is 495 g/mol. The van der Waals surface area contributed by atoms with Gasteiger partial charge in [0.05, 0.1) is 4.47 Å². The largest absolute Gasteiger partial charge is 0.488 e. The van der Waals surface area contributed by atoms with Gasteiger partial charge in [-0.25, -0.2) is 9.78 Å². The van der Waals surface area contributed by atoms with Crippen molar-refractivity contribution in [1.82, 2.24) is 15.2 Å². The number of nitrogens with one attached hydrogen (secondary N) is 1. The van der Waals surface area contributed by atoms with E-state index in [2.05, 4.69) is 31.1 Å². The number of thioether (sulfide) groups is 1. The molecule has 0 unspecified atom stereocenters. The van der Waals surface area contributed by atoms with Crippen molar-refractivity contribution in [1.29, 1.82) is 0 Å². The van der Waals surface area contributed by atoms with Crippen molar-refractivity contribution in [2.45, 2.75) is 25.1 Å². The monoisotopic (exact) mass is 493 g/mol. The van der Waals surface area contributed by atoms with E-state index in [1.54, 1.807) is 24.3 Å². The Balaban J connectivity index is 1.74. The first-order valence-electron chi connectivity index (χ1n) is 8.66. The lowest BCUT2D eigenvalue weighted by atomic mass is 10.2. The molecule has 9 heteroatoms. The van der Waals surface area contributed by atoms with Crippen LogP contribution in [0, 0.1) is 0 Å². The minimum absolute atomic E-state index is 0.114. The first-order chi connectivity index (χ1) is 14.0. The smallest absolute Gasteiger partial charge is 0.342 e. The summed E-state index contributed by atoms with van der Waals surface area (Å²) in [6, 6.07) is 12.8. The molecule has 3 aromatic rings. The average Bonchev–Trinajstić information content (AvgIpc) is 3.15. The van der Waals surface area contributed by atoms with Crippen molar-refractivity contribution >= 4 is 51.3 Å². The molecule has 0 saturated heterocycles. The number of aryl methyl sites for hydroxylation is 1. The number of aromatic amines is 1. The molecule has 0 fully saturated rings. The van der Waals surface area contributed by atoms with Crippen LogP contribution in [0.2, 0.25) is 5.02 Å². The Morgan fingerprint density at radius 1 is 1.34 bits per heavy atom. The zero-order valence-electron chi connectivity index (χ0n) is 15.4. The zero-order chi connectivity index (χ0) is 20.8. The second-order valence-corrected chi connectivity index (χ2v) is 8.17. The fourth-order valence-corrected chi connectivity index (χ4v) is 3.79. The van der Waals surface area contributed by atoms with E-state index in [9.17, 15) is 9.90 Å². The van der Waals surface area contributed by atoms with E-state index in [1.165, 1.54) is 0 Å². The van der Waals surface area contributed by atoms with Gasteiger partial charge in [-0.1, -0.05) is 42.8 Å². The molecule has 150 valence electrons. The lowest BCUT2D eigenvalue weighted by molar-refractivity contribution is -0.131. The minimum Gasteiger partial charge on any atom is -0.488 e. The molecule has 0 aliphatic carbocycles. The highest BCUT2D eigenvalue weighted by molar-refractivity contribution is 9.10. The molecule has 2 aromatic carbocycles. The van der Waals surface area contributed by atoms with Crippen LogP contribution >= 0.6 is 39.3 Å². The number of ether oxygens (including phenoxy) is 1. The number of hydrogen-bond donors (Lipinski definition) is 2. The highest BCUT2D eigenvalue weighted by Crippen LogP contribution is 2.31. The number of rotatable bonds is 8.